The summed E-state index contributed by atoms with van der Waals surface area (Å²) in [7, 11) is 0. The van der Waals surface area contributed by atoms with Gasteiger partial charge >= 0.3 is 5.97 Å². The summed E-state index contributed by atoms with van der Waals surface area (Å²) in [4.78, 5) is 11.7. The summed E-state index contributed by atoms with van der Waals surface area (Å²) in [5, 5.41) is 12.9. The molecule has 1 aliphatic rings. The Morgan fingerprint density at radius 1 is 1.28 bits per heavy atom. The van der Waals surface area contributed by atoms with Crippen LogP contribution in [-0.4, -0.2) is 22.7 Å². The maximum atomic E-state index is 11.7. The SMILES string of the molecule is CC(C)NC1(C(=O)O)CCCC(C(C)(C)C)CC1. The molecule has 2 atom stereocenters. The van der Waals surface area contributed by atoms with Crippen LogP contribution < -0.4 is 5.32 Å². The van der Waals surface area contributed by atoms with E-state index in [1.54, 1.807) is 0 Å². The van der Waals surface area contributed by atoms with Gasteiger partial charge in [0.2, 0.25) is 0 Å². The zero-order chi connectivity index (χ0) is 14.0. The minimum absolute atomic E-state index is 0.215. The minimum atomic E-state index is -0.700. The molecule has 18 heavy (non-hydrogen) atoms. The number of hydrogen-bond donors (Lipinski definition) is 2. The zero-order valence-corrected chi connectivity index (χ0v) is 12.5. The van der Waals surface area contributed by atoms with Crippen LogP contribution in [0.4, 0.5) is 0 Å². The van der Waals surface area contributed by atoms with E-state index in [0.29, 0.717) is 5.92 Å². The second-order valence-corrected chi connectivity index (χ2v) is 7.18. The van der Waals surface area contributed by atoms with Crippen molar-refractivity contribution in [1.82, 2.24) is 5.32 Å². The van der Waals surface area contributed by atoms with E-state index in [4.69, 9.17) is 0 Å². The van der Waals surface area contributed by atoms with E-state index >= 15 is 0 Å². The highest BCUT2D eigenvalue weighted by Gasteiger charge is 2.41. The normalized spacial score (nSPS) is 30.2. The number of carboxylic acid groups (broad SMARTS) is 1. The molecule has 1 saturated carbocycles. The van der Waals surface area contributed by atoms with Crippen LogP contribution in [0.1, 0.15) is 66.7 Å². The van der Waals surface area contributed by atoms with Crippen molar-refractivity contribution in [2.24, 2.45) is 11.3 Å². The molecule has 0 saturated heterocycles. The topological polar surface area (TPSA) is 49.3 Å². The number of carbonyl (C=O) groups is 1. The van der Waals surface area contributed by atoms with E-state index < -0.39 is 11.5 Å². The van der Waals surface area contributed by atoms with Crippen molar-refractivity contribution in [3.05, 3.63) is 0 Å². The first-order valence-electron chi connectivity index (χ1n) is 7.18. The van der Waals surface area contributed by atoms with E-state index in [9.17, 15) is 9.90 Å². The average molecular weight is 255 g/mol. The van der Waals surface area contributed by atoms with Crippen molar-refractivity contribution in [3.8, 4) is 0 Å². The van der Waals surface area contributed by atoms with Gasteiger partial charge in [-0.3, -0.25) is 10.1 Å². The second-order valence-electron chi connectivity index (χ2n) is 7.18. The van der Waals surface area contributed by atoms with Gasteiger partial charge in [0.05, 0.1) is 0 Å². The van der Waals surface area contributed by atoms with Gasteiger partial charge in [0.25, 0.3) is 0 Å². The number of rotatable bonds is 3. The first kappa shape index (κ1) is 15.5. The van der Waals surface area contributed by atoms with Gasteiger partial charge in [0, 0.05) is 6.04 Å². The molecule has 0 radical (unpaired) electrons. The molecule has 0 aromatic carbocycles. The molecule has 1 fully saturated rings. The molecule has 0 aromatic heterocycles. The fourth-order valence-corrected chi connectivity index (χ4v) is 3.18. The number of aliphatic carboxylic acids is 1. The fourth-order valence-electron chi connectivity index (χ4n) is 3.18. The molecular formula is C15H29NO2. The number of nitrogens with one attached hydrogen (secondary N) is 1. The van der Waals surface area contributed by atoms with Crippen LogP contribution in [0.25, 0.3) is 0 Å². The van der Waals surface area contributed by atoms with Crippen LogP contribution in [0.15, 0.2) is 0 Å². The Bertz CT molecular complexity index is 293. The lowest BCUT2D eigenvalue weighted by atomic mass is 9.76. The van der Waals surface area contributed by atoms with Crippen molar-refractivity contribution >= 4 is 5.97 Å². The van der Waals surface area contributed by atoms with Gasteiger partial charge < -0.3 is 5.11 Å². The quantitative estimate of drug-likeness (QED) is 0.760. The molecule has 0 bridgehead atoms. The van der Waals surface area contributed by atoms with Crippen LogP contribution in [0.3, 0.4) is 0 Å². The van der Waals surface area contributed by atoms with Crippen LogP contribution in [0.2, 0.25) is 0 Å². The van der Waals surface area contributed by atoms with E-state index in [1.165, 1.54) is 0 Å². The summed E-state index contributed by atoms with van der Waals surface area (Å²) < 4.78 is 0. The third-order valence-corrected chi connectivity index (χ3v) is 4.27. The Labute approximate surface area is 111 Å². The molecule has 0 heterocycles. The van der Waals surface area contributed by atoms with E-state index in [1.807, 2.05) is 13.8 Å². The van der Waals surface area contributed by atoms with E-state index in [2.05, 4.69) is 26.1 Å². The van der Waals surface area contributed by atoms with Crippen molar-refractivity contribution in [3.63, 3.8) is 0 Å². The van der Waals surface area contributed by atoms with Gasteiger partial charge in [-0.2, -0.15) is 0 Å². The largest absolute Gasteiger partial charge is 0.480 e. The van der Waals surface area contributed by atoms with E-state index in [0.717, 1.165) is 32.1 Å². The van der Waals surface area contributed by atoms with Crippen LogP contribution in [-0.2, 0) is 4.79 Å². The summed E-state index contributed by atoms with van der Waals surface area (Å²) in [6, 6.07) is 0.215. The molecule has 3 nitrogen and oxygen atoms in total. The summed E-state index contributed by atoms with van der Waals surface area (Å²) in [6.45, 7) is 10.8. The molecule has 0 aromatic rings. The summed E-state index contributed by atoms with van der Waals surface area (Å²) in [5.74, 6) is -0.0431. The third kappa shape index (κ3) is 3.71. The molecule has 0 spiro atoms. The number of carboxylic acids is 1. The molecule has 3 heteroatoms. The summed E-state index contributed by atoms with van der Waals surface area (Å²) >= 11 is 0. The van der Waals surface area contributed by atoms with Crippen molar-refractivity contribution < 1.29 is 9.90 Å². The van der Waals surface area contributed by atoms with Gasteiger partial charge in [-0.1, -0.05) is 27.2 Å². The Morgan fingerprint density at radius 3 is 2.33 bits per heavy atom. The molecule has 2 unspecified atom stereocenters. The third-order valence-electron chi connectivity index (χ3n) is 4.27. The lowest BCUT2D eigenvalue weighted by molar-refractivity contribution is -0.146. The maximum Gasteiger partial charge on any atom is 0.323 e. The Morgan fingerprint density at radius 2 is 1.89 bits per heavy atom. The maximum absolute atomic E-state index is 11.7. The molecule has 1 aliphatic carbocycles. The lowest BCUT2D eigenvalue weighted by Crippen LogP contribution is -2.54. The smallest absolute Gasteiger partial charge is 0.323 e. The number of hydrogen-bond acceptors (Lipinski definition) is 2. The highest BCUT2D eigenvalue weighted by molar-refractivity contribution is 5.78. The van der Waals surface area contributed by atoms with Crippen LogP contribution in [0.5, 0.6) is 0 Å². The molecule has 1 rings (SSSR count). The first-order chi connectivity index (χ1) is 8.17. The Hall–Kier alpha value is -0.570. The predicted molar refractivity (Wildman–Crippen MR) is 74.7 cm³/mol. The molecule has 0 aliphatic heterocycles. The lowest BCUT2D eigenvalue weighted by Gasteiger charge is -2.33. The van der Waals surface area contributed by atoms with Gasteiger partial charge in [-0.25, -0.2) is 0 Å². The first-order valence-corrected chi connectivity index (χ1v) is 7.18. The van der Waals surface area contributed by atoms with Crippen LogP contribution in [0, 0.1) is 11.3 Å². The highest BCUT2D eigenvalue weighted by Crippen LogP contribution is 2.40. The van der Waals surface area contributed by atoms with Crippen molar-refractivity contribution in [2.45, 2.75) is 78.3 Å². The van der Waals surface area contributed by atoms with Gasteiger partial charge in [0.15, 0.2) is 0 Å². The zero-order valence-electron chi connectivity index (χ0n) is 12.5. The fraction of sp³-hybridized carbons (Fsp3) is 0.933. The minimum Gasteiger partial charge on any atom is -0.480 e. The standard InChI is InChI=1S/C15H29NO2/c1-11(2)16-15(13(17)18)9-6-7-12(8-10-15)14(3,4)5/h11-12,16H,6-10H2,1-5H3,(H,17,18). The predicted octanol–water partition coefficient (Wildman–Crippen LogP) is 3.43. The summed E-state index contributed by atoms with van der Waals surface area (Å²) in [5.41, 5.74) is -0.416. The Balaban J connectivity index is 2.81. The summed E-state index contributed by atoms with van der Waals surface area (Å²) in [6.07, 6.45) is 4.68. The molecular weight excluding hydrogens is 226 g/mol. The molecule has 106 valence electrons. The van der Waals surface area contributed by atoms with Crippen molar-refractivity contribution in [2.75, 3.05) is 0 Å². The van der Waals surface area contributed by atoms with Gasteiger partial charge in [0.1, 0.15) is 5.54 Å². The van der Waals surface area contributed by atoms with Crippen LogP contribution >= 0.6 is 0 Å². The Kier molecular flexibility index (Phi) is 4.82. The van der Waals surface area contributed by atoms with Gasteiger partial charge in [-0.15, -0.1) is 0 Å². The second kappa shape index (κ2) is 5.60. The highest BCUT2D eigenvalue weighted by atomic mass is 16.4. The molecule has 2 N–H and O–H groups in total. The monoisotopic (exact) mass is 255 g/mol. The molecule has 0 amide bonds. The van der Waals surface area contributed by atoms with Gasteiger partial charge in [-0.05, 0) is 50.9 Å². The van der Waals surface area contributed by atoms with Crippen molar-refractivity contribution in [1.29, 1.82) is 0 Å². The average Bonchev–Trinajstić information content (AvgIpc) is 2.39. The van der Waals surface area contributed by atoms with E-state index in [-0.39, 0.29) is 11.5 Å².